The zero-order valence-corrected chi connectivity index (χ0v) is 9.36. The van der Waals surface area contributed by atoms with Crippen LogP contribution in [0.3, 0.4) is 0 Å². The molecule has 3 N–H and O–H groups in total. The maximum Gasteiger partial charge on any atom is 0.267 e. The third-order valence-electron chi connectivity index (χ3n) is 1.63. The summed E-state index contributed by atoms with van der Waals surface area (Å²) in [5.74, 6) is 0. The van der Waals surface area contributed by atoms with Crippen LogP contribution in [-0.4, -0.2) is 28.2 Å². The molecule has 0 aliphatic heterocycles. The largest absolute Gasteiger partial charge is 0.398 e. The third-order valence-corrected chi connectivity index (χ3v) is 3.65. The lowest BCUT2D eigenvalue weighted by Gasteiger charge is -2.05. The Bertz CT molecular complexity index is 581. The van der Waals surface area contributed by atoms with E-state index in [4.69, 9.17) is 5.73 Å². The fourth-order valence-corrected chi connectivity index (χ4v) is 2.62. The summed E-state index contributed by atoms with van der Waals surface area (Å²) in [6, 6.07) is 1.40. The van der Waals surface area contributed by atoms with E-state index in [1.54, 1.807) is 0 Å². The lowest BCUT2D eigenvalue weighted by molar-refractivity contribution is 0.601. The van der Waals surface area contributed by atoms with E-state index in [-0.39, 0.29) is 15.7 Å². The average molecular weight is 258 g/mol. The lowest BCUT2D eigenvalue weighted by Crippen LogP contribution is -2.14. The Morgan fingerprint density at radius 2 is 2.25 bits per heavy atom. The van der Waals surface area contributed by atoms with Crippen LogP contribution in [0, 0.1) is 0 Å². The number of nitrogens with one attached hydrogen (secondary N) is 1. The Hall–Kier alpha value is -1.81. The Kier molecular flexibility index (Phi) is 2.66. The van der Waals surface area contributed by atoms with E-state index in [0.717, 1.165) is 17.7 Å². The molecule has 0 spiro atoms. The standard InChI is InChI=1S/C6H6N6O2S2/c7-4-1-2-8-3-5(4)16(13,14)10-6-9-11-12-15-6/h1-3H,(H2,7,8)(H,9,10,12). The predicted molar refractivity (Wildman–Crippen MR) is 57.2 cm³/mol. The molecular formula is C6H6N6O2S2. The molecule has 2 aromatic heterocycles. The molecule has 2 heterocycles. The van der Waals surface area contributed by atoms with Gasteiger partial charge in [-0.1, -0.05) is 9.59 Å². The minimum atomic E-state index is -3.78. The van der Waals surface area contributed by atoms with Crippen molar-refractivity contribution in [2.24, 2.45) is 0 Å². The summed E-state index contributed by atoms with van der Waals surface area (Å²) >= 11 is 0.827. The number of hydrogen-bond donors (Lipinski definition) is 2. The molecular weight excluding hydrogens is 252 g/mol. The number of pyridine rings is 1. The van der Waals surface area contributed by atoms with Gasteiger partial charge >= 0.3 is 0 Å². The topological polar surface area (TPSA) is 124 Å². The fourth-order valence-electron chi connectivity index (χ4n) is 0.958. The van der Waals surface area contributed by atoms with Crippen molar-refractivity contribution >= 4 is 32.4 Å². The van der Waals surface area contributed by atoms with Crippen molar-refractivity contribution in [3.63, 3.8) is 0 Å². The van der Waals surface area contributed by atoms with Gasteiger partial charge in [0.05, 0.1) is 5.69 Å². The minimum absolute atomic E-state index is 0.0725. The van der Waals surface area contributed by atoms with Crippen LogP contribution in [0.5, 0.6) is 0 Å². The van der Waals surface area contributed by atoms with Crippen molar-refractivity contribution in [3.8, 4) is 0 Å². The van der Waals surface area contributed by atoms with Crippen molar-refractivity contribution in [1.29, 1.82) is 0 Å². The number of nitrogen functional groups attached to an aromatic ring is 1. The van der Waals surface area contributed by atoms with E-state index < -0.39 is 10.0 Å². The van der Waals surface area contributed by atoms with E-state index in [1.807, 2.05) is 0 Å². The van der Waals surface area contributed by atoms with Gasteiger partial charge in [-0.15, -0.1) is 0 Å². The zero-order chi connectivity index (χ0) is 11.6. The van der Waals surface area contributed by atoms with Crippen molar-refractivity contribution in [1.82, 2.24) is 19.8 Å². The first-order chi connectivity index (χ1) is 7.59. The van der Waals surface area contributed by atoms with Crippen LogP contribution in [0.2, 0.25) is 0 Å². The Morgan fingerprint density at radius 3 is 2.88 bits per heavy atom. The number of anilines is 2. The maximum absolute atomic E-state index is 11.8. The second kappa shape index (κ2) is 3.98. The molecule has 0 aromatic carbocycles. The summed E-state index contributed by atoms with van der Waals surface area (Å²) in [5, 5.41) is 6.80. The molecule has 0 atom stereocenters. The first-order valence-electron chi connectivity index (χ1n) is 3.97. The second-order valence-corrected chi connectivity index (χ2v) is 5.07. The maximum atomic E-state index is 11.8. The summed E-state index contributed by atoms with van der Waals surface area (Å²) in [7, 11) is -3.78. The van der Waals surface area contributed by atoms with Gasteiger partial charge in [0.15, 0.2) is 0 Å². The lowest BCUT2D eigenvalue weighted by atomic mass is 10.4. The number of aromatic nitrogens is 4. The minimum Gasteiger partial charge on any atom is -0.398 e. The Labute approximate surface area is 94.7 Å². The molecule has 0 saturated heterocycles. The zero-order valence-electron chi connectivity index (χ0n) is 7.73. The summed E-state index contributed by atoms with van der Waals surface area (Å²) in [6.45, 7) is 0. The molecule has 10 heteroatoms. The summed E-state index contributed by atoms with van der Waals surface area (Å²) in [6.07, 6.45) is 2.56. The van der Waals surface area contributed by atoms with Crippen molar-refractivity contribution < 1.29 is 8.42 Å². The number of sulfonamides is 1. The van der Waals surface area contributed by atoms with Gasteiger partial charge in [-0.05, 0) is 11.3 Å². The Morgan fingerprint density at radius 1 is 1.44 bits per heavy atom. The molecule has 0 unspecified atom stereocenters. The highest BCUT2D eigenvalue weighted by molar-refractivity contribution is 7.93. The molecule has 0 radical (unpaired) electrons. The van der Waals surface area contributed by atoms with E-state index in [2.05, 4.69) is 24.5 Å². The molecule has 0 aliphatic rings. The molecule has 0 bridgehead atoms. The molecule has 8 nitrogen and oxygen atoms in total. The first kappa shape index (κ1) is 10.7. The van der Waals surface area contributed by atoms with Gasteiger partial charge in [-0.3, -0.25) is 9.71 Å². The van der Waals surface area contributed by atoms with E-state index >= 15 is 0 Å². The summed E-state index contributed by atoms with van der Waals surface area (Å²) in [4.78, 5) is 3.59. The van der Waals surface area contributed by atoms with E-state index in [0.29, 0.717) is 0 Å². The van der Waals surface area contributed by atoms with E-state index in [1.165, 1.54) is 12.3 Å². The molecule has 16 heavy (non-hydrogen) atoms. The molecule has 2 rings (SSSR count). The monoisotopic (exact) mass is 258 g/mol. The predicted octanol–water partition coefficient (Wildman–Crippen LogP) is -0.289. The van der Waals surface area contributed by atoms with Gasteiger partial charge in [0, 0.05) is 23.9 Å². The SMILES string of the molecule is Nc1ccncc1S(=O)(=O)Nc1nnns1. The molecule has 0 saturated carbocycles. The van der Waals surface area contributed by atoms with Crippen LogP contribution in [0.1, 0.15) is 0 Å². The van der Waals surface area contributed by atoms with Crippen LogP contribution in [0.15, 0.2) is 23.4 Å². The van der Waals surface area contributed by atoms with Crippen LogP contribution in [0.25, 0.3) is 0 Å². The van der Waals surface area contributed by atoms with E-state index in [9.17, 15) is 8.42 Å². The number of nitrogens with two attached hydrogens (primary N) is 1. The summed E-state index contributed by atoms with van der Waals surface area (Å²) < 4.78 is 29.2. The quantitative estimate of drug-likeness (QED) is 0.775. The molecule has 84 valence electrons. The van der Waals surface area contributed by atoms with Crippen molar-refractivity contribution in [2.75, 3.05) is 10.5 Å². The third kappa shape index (κ3) is 2.06. The summed E-state index contributed by atoms with van der Waals surface area (Å²) in [5.41, 5.74) is 5.64. The number of hydrogen-bond acceptors (Lipinski definition) is 8. The molecule has 0 amide bonds. The molecule has 0 aliphatic carbocycles. The normalized spacial score (nSPS) is 11.2. The van der Waals surface area contributed by atoms with Crippen LogP contribution in [0.4, 0.5) is 10.8 Å². The van der Waals surface area contributed by atoms with Gasteiger partial charge in [0.2, 0.25) is 5.13 Å². The van der Waals surface area contributed by atoms with Gasteiger partial charge in [-0.2, -0.15) is 0 Å². The second-order valence-electron chi connectivity index (χ2n) is 2.69. The molecule has 0 fully saturated rings. The Balaban J connectivity index is 2.37. The highest BCUT2D eigenvalue weighted by Crippen LogP contribution is 2.19. The van der Waals surface area contributed by atoms with Crippen molar-refractivity contribution in [2.45, 2.75) is 4.90 Å². The average Bonchev–Trinajstić information content (AvgIpc) is 2.70. The van der Waals surface area contributed by atoms with Gasteiger partial charge < -0.3 is 5.73 Å². The smallest absolute Gasteiger partial charge is 0.267 e. The highest BCUT2D eigenvalue weighted by atomic mass is 32.2. The van der Waals surface area contributed by atoms with Crippen LogP contribution in [-0.2, 0) is 10.0 Å². The van der Waals surface area contributed by atoms with Crippen molar-refractivity contribution in [3.05, 3.63) is 18.5 Å². The first-order valence-corrected chi connectivity index (χ1v) is 6.22. The number of nitrogens with zero attached hydrogens (tertiary/aromatic N) is 4. The van der Waals surface area contributed by atoms with Gasteiger partial charge in [0.1, 0.15) is 4.90 Å². The van der Waals surface area contributed by atoms with Gasteiger partial charge in [-0.25, -0.2) is 8.42 Å². The fraction of sp³-hybridized carbons (Fsp3) is 0. The van der Waals surface area contributed by atoms with Crippen LogP contribution < -0.4 is 10.5 Å². The van der Waals surface area contributed by atoms with Gasteiger partial charge in [0.25, 0.3) is 10.0 Å². The molecule has 2 aromatic rings. The van der Waals surface area contributed by atoms with Crippen LogP contribution >= 0.6 is 11.5 Å². The highest BCUT2D eigenvalue weighted by Gasteiger charge is 2.19. The number of rotatable bonds is 3.